The zero-order chi connectivity index (χ0) is 23.8. The molecule has 33 heavy (non-hydrogen) atoms. The fraction of sp³-hybridized carbons (Fsp3) is 1.00. The SMILES string of the molecule is CCCCCCCCCCCCCCC[O-].CCCCCCCCCCCCCCC[O-].[Mg+2]. The first-order valence-electron chi connectivity index (χ1n) is 15.0. The van der Waals surface area contributed by atoms with E-state index in [0.29, 0.717) is 0 Å². The van der Waals surface area contributed by atoms with Crippen molar-refractivity contribution >= 4 is 23.1 Å². The molecule has 0 atom stereocenters. The van der Waals surface area contributed by atoms with Crippen molar-refractivity contribution in [3.63, 3.8) is 0 Å². The molecule has 0 spiro atoms. The van der Waals surface area contributed by atoms with Gasteiger partial charge < -0.3 is 10.2 Å². The first-order valence-corrected chi connectivity index (χ1v) is 15.0. The fourth-order valence-corrected chi connectivity index (χ4v) is 4.24. The predicted molar refractivity (Wildman–Crippen MR) is 147 cm³/mol. The molecule has 0 aromatic heterocycles. The second-order valence-electron chi connectivity index (χ2n) is 9.89. The van der Waals surface area contributed by atoms with Crippen LogP contribution < -0.4 is 10.2 Å². The molecular formula is C30H62MgO2. The number of unbranched alkanes of at least 4 members (excludes halogenated alkanes) is 24. The summed E-state index contributed by atoms with van der Waals surface area (Å²) >= 11 is 0. The van der Waals surface area contributed by atoms with E-state index in [2.05, 4.69) is 13.8 Å². The molecule has 0 aromatic carbocycles. The second kappa shape index (κ2) is 39.9. The Morgan fingerprint density at radius 1 is 0.273 bits per heavy atom. The molecule has 0 heterocycles. The van der Waals surface area contributed by atoms with E-state index in [1.807, 2.05) is 0 Å². The Balaban J connectivity index is -0.000000529. The Morgan fingerprint density at radius 3 is 0.576 bits per heavy atom. The Bertz CT molecular complexity index is 230. The summed E-state index contributed by atoms with van der Waals surface area (Å²) in [6.45, 7) is 4.79. The van der Waals surface area contributed by atoms with Gasteiger partial charge in [0.1, 0.15) is 0 Å². The average Bonchev–Trinajstić information content (AvgIpc) is 2.81. The molecule has 3 heteroatoms. The van der Waals surface area contributed by atoms with Crippen molar-refractivity contribution in [2.24, 2.45) is 0 Å². The standard InChI is InChI=1S/2C15H31O.Mg/c2*1-2-3-4-5-6-7-8-9-10-11-12-13-14-15-16;/h2*2-15H2,1H3;/q2*-1;+2. The van der Waals surface area contributed by atoms with Gasteiger partial charge in [-0.1, -0.05) is 181 Å². The summed E-state index contributed by atoms with van der Waals surface area (Å²) in [5.41, 5.74) is 0. The molecule has 0 aliphatic rings. The van der Waals surface area contributed by atoms with Crippen molar-refractivity contribution in [3.05, 3.63) is 0 Å². The van der Waals surface area contributed by atoms with E-state index in [-0.39, 0.29) is 36.3 Å². The van der Waals surface area contributed by atoms with Crippen molar-refractivity contribution < 1.29 is 10.2 Å². The van der Waals surface area contributed by atoms with Gasteiger partial charge in [0.05, 0.1) is 0 Å². The summed E-state index contributed by atoms with van der Waals surface area (Å²) in [6.07, 6.45) is 34.8. The minimum atomic E-state index is 0. The molecule has 0 aliphatic carbocycles. The summed E-state index contributed by atoms with van der Waals surface area (Å²) in [7, 11) is 0. The van der Waals surface area contributed by atoms with E-state index in [0.717, 1.165) is 25.7 Å². The smallest absolute Gasteiger partial charge is 0.854 e. The fourth-order valence-electron chi connectivity index (χ4n) is 4.24. The van der Waals surface area contributed by atoms with Gasteiger partial charge in [0, 0.05) is 0 Å². The first-order chi connectivity index (χ1) is 15.8. The van der Waals surface area contributed by atoms with Crippen molar-refractivity contribution in [1.82, 2.24) is 0 Å². The molecule has 196 valence electrons. The third-order valence-corrected chi connectivity index (χ3v) is 6.50. The Hall–Kier alpha value is 0.686. The van der Waals surface area contributed by atoms with E-state index in [9.17, 15) is 10.2 Å². The summed E-state index contributed by atoms with van der Waals surface area (Å²) in [4.78, 5) is 0. The van der Waals surface area contributed by atoms with Crippen molar-refractivity contribution in [1.29, 1.82) is 0 Å². The van der Waals surface area contributed by atoms with Crippen molar-refractivity contribution in [2.45, 2.75) is 181 Å². The van der Waals surface area contributed by atoms with Crippen LogP contribution in [0.2, 0.25) is 0 Å². The first kappa shape index (κ1) is 38.2. The van der Waals surface area contributed by atoms with Crippen molar-refractivity contribution in [2.75, 3.05) is 13.2 Å². The molecule has 0 fully saturated rings. The minimum absolute atomic E-state index is 0. The number of hydrogen-bond acceptors (Lipinski definition) is 2. The van der Waals surface area contributed by atoms with E-state index < -0.39 is 0 Å². The molecular weight excluding hydrogens is 417 g/mol. The van der Waals surface area contributed by atoms with E-state index in [1.54, 1.807) is 0 Å². The Morgan fingerprint density at radius 2 is 0.424 bits per heavy atom. The zero-order valence-corrected chi connectivity index (χ0v) is 24.7. The van der Waals surface area contributed by atoms with Crippen LogP contribution in [0.5, 0.6) is 0 Å². The van der Waals surface area contributed by atoms with Crippen molar-refractivity contribution in [3.8, 4) is 0 Å². The molecule has 2 nitrogen and oxygen atoms in total. The zero-order valence-electron chi connectivity index (χ0n) is 23.3. The van der Waals surface area contributed by atoms with Crippen LogP contribution in [0, 0.1) is 0 Å². The monoisotopic (exact) mass is 478 g/mol. The van der Waals surface area contributed by atoms with E-state index in [4.69, 9.17) is 0 Å². The molecule has 0 saturated carbocycles. The van der Waals surface area contributed by atoms with Crippen LogP contribution >= 0.6 is 0 Å². The minimum Gasteiger partial charge on any atom is -0.854 e. The van der Waals surface area contributed by atoms with Gasteiger partial charge in [0.25, 0.3) is 0 Å². The molecule has 0 aromatic rings. The molecule has 0 bridgehead atoms. The van der Waals surface area contributed by atoms with E-state index >= 15 is 0 Å². The van der Waals surface area contributed by atoms with Crippen LogP contribution in [0.25, 0.3) is 0 Å². The maximum absolute atomic E-state index is 10.2. The molecule has 0 rings (SSSR count). The molecule has 0 radical (unpaired) electrons. The Kier molecular flexibility index (Phi) is 46.2. The average molecular weight is 479 g/mol. The van der Waals surface area contributed by atoms with Crippen LogP contribution in [0.4, 0.5) is 0 Å². The third-order valence-electron chi connectivity index (χ3n) is 6.50. The van der Waals surface area contributed by atoms with Gasteiger partial charge in [-0.05, 0) is 0 Å². The van der Waals surface area contributed by atoms with Gasteiger partial charge in [-0.15, -0.1) is 13.2 Å². The maximum atomic E-state index is 10.2. The van der Waals surface area contributed by atoms with Crippen LogP contribution in [-0.4, -0.2) is 36.3 Å². The van der Waals surface area contributed by atoms with Crippen LogP contribution in [0.1, 0.15) is 181 Å². The predicted octanol–water partition coefficient (Wildman–Crippen LogP) is 8.50. The third kappa shape index (κ3) is 43.2. The van der Waals surface area contributed by atoms with Gasteiger partial charge >= 0.3 is 23.1 Å². The summed E-state index contributed by atoms with van der Waals surface area (Å²) < 4.78 is 0. The van der Waals surface area contributed by atoms with Gasteiger partial charge in [-0.2, -0.15) is 0 Å². The molecule has 0 aliphatic heterocycles. The summed E-state index contributed by atoms with van der Waals surface area (Å²) in [5.74, 6) is 0. The largest absolute Gasteiger partial charge is 2.00 e. The summed E-state index contributed by atoms with van der Waals surface area (Å²) in [5, 5.41) is 20.4. The Labute approximate surface area is 226 Å². The van der Waals surface area contributed by atoms with Crippen LogP contribution in [0.3, 0.4) is 0 Å². The van der Waals surface area contributed by atoms with Gasteiger partial charge in [-0.25, -0.2) is 0 Å². The second-order valence-corrected chi connectivity index (χ2v) is 9.89. The molecule has 0 amide bonds. The molecule has 0 saturated heterocycles. The normalized spacial score (nSPS) is 10.5. The topological polar surface area (TPSA) is 46.1 Å². The van der Waals surface area contributed by atoms with Crippen LogP contribution in [0.15, 0.2) is 0 Å². The summed E-state index contributed by atoms with van der Waals surface area (Å²) in [6, 6.07) is 0. The van der Waals surface area contributed by atoms with Crippen LogP contribution in [-0.2, 0) is 0 Å². The quantitative estimate of drug-likeness (QED) is 0.0923. The van der Waals surface area contributed by atoms with E-state index in [1.165, 1.54) is 141 Å². The van der Waals surface area contributed by atoms with Gasteiger partial charge in [0.2, 0.25) is 0 Å². The van der Waals surface area contributed by atoms with Gasteiger partial charge in [-0.3, -0.25) is 0 Å². The number of rotatable bonds is 26. The molecule has 0 N–H and O–H groups in total. The molecule has 0 unspecified atom stereocenters. The maximum Gasteiger partial charge on any atom is 2.00 e. The number of hydrogen-bond donors (Lipinski definition) is 0. The van der Waals surface area contributed by atoms with Gasteiger partial charge in [0.15, 0.2) is 0 Å².